The molecule has 0 atom stereocenters. The zero-order valence-corrected chi connectivity index (χ0v) is 10.7. The molecular weight excluding hydrogens is 289 g/mol. The number of pyridine rings is 1. The van der Waals surface area contributed by atoms with E-state index in [-0.39, 0.29) is 0 Å². The molecule has 0 saturated carbocycles. The van der Waals surface area contributed by atoms with Crippen molar-refractivity contribution in [2.24, 2.45) is 0 Å². The van der Waals surface area contributed by atoms with Gasteiger partial charge in [0, 0.05) is 16.2 Å². The quantitative estimate of drug-likeness (QED) is 0.785. The number of hydrogen-bond acceptors (Lipinski definition) is 2. The molecule has 0 fully saturated rings. The minimum absolute atomic E-state index is 0.370. The predicted molar refractivity (Wildman–Crippen MR) is 68.0 cm³/mol. The van der Waals surface area contributed by atoms with Gasteiger partial charge in [-0.1, -0.05) is 18.2 Å². The highest BCUT2D eigenvalue weighted by Gasteiger charge is 2.06. The molecule has 0 unspecified atom stereocenters. The topological polar surface area (TPSA) is 22.1 Å². The van der Waals surface area contributed by atoms with E-state index in [1.54, 1.807) is 6.20 Å². The smallest absolute Gasteiger partial charge is 0.223 e. The van der Waals surface area contributed by atoms with Crippen LogP contribution in [0.5, 0.6) is 11.6 Å². The standard InChI is InChI=1S/C12H9BrClNO/c13-10-6-9(7-14)12(15-8-10)16-11-4-2-1-3-5-11/h1-6,8H,7H2. The lowest BCUT2D eigenvalue weighted by atomic mass is 10.3. The number of halogens is 2. The average Bonchev–Trinajstić information content (AvgIpc) is 2.33. The van der Waals surface area contributed by atoms with Crippen LogP contribution >= 0.6 is 27.5 Å². The third-order valence-corrected chi connectivity index (χ3v) is 2.72. The summed E-state index contributed by atoms with van der Waals surface area (Å²) in [6, 6.07) is 11.4. The van der Waals surface area contributed by atoms with Crippen LogP contribution in [0.2, 0.25) is 0 Å². The second kappa shape index (κ2) is 5.32. The Morgan fingerprint density at radius 3 is 2.69 bits per heavy atom. The number of para-hydroxylation sites is 1. The fourth-order valence-corrected chi connectivity index (χ4v) is 1.83. The first-order chi connectivity index (χ1) is 7.79. The Balaban J connectivity index is 2.28. The van der Waals surface area contributed by atoms with E-state index in [1.807, 2.05) is 36.4 Å². The molecule has 0 bridgehead atoms. The van der Waals surface area contributed by atoms with Crippen LogP contribution in [-0.4, -0.2) is 4.98 Å². The van der Waals surface area contributed by atoms with Crippen LogP contribution in [0.3, 0.4) is 0 Å². The highest BCUT2D eigenvalue weighted by Crippen LogP contribution is 2.26. The van der Waals surface area contributed by atoms with E-state index < -0.39 is 0 Å². The molecule has 0 spiro atoms. The lowest BCUT2D eigenvalue weighted by Crippen LogP contribution is -1.92. The molecule has 1 heterocycles. The van der Waals surface area contributed by atoms with Crippen LogP contribution in [0.1, 0.15) is 5.56 Å². The Bertz CT molecular complexity index is 476. The Hall–Kier alpha value is -1.06. The monoisotopic (exact) mass is 297 g/mol. The highest BCUT2D eigenvalue weighted by molar-refractivity contribution is 9.10. The summed E-state index contributed by atoms with van der Waals surface area (Å²) < 4.78 is 6.53. The Kier molecular flexibility index (Phi) is 3.80. The van der Waals surface area contributed by atoms with Gasteiger partial charge in [0.1, 0.15) is 5.75 Å². The van der Waals surface area contributed by atoms with Crippen molar-refractivity contribution < 1.29 is 4.74 Å². The Morgan fingerprint density at radius 2 is 2.00 bits per heavy atom. The second-order valence-electron chi connectivity index (χ2n) is 3.17. The first-order valence-electron chi connectivity index (χ1n) is 4.73. The summed E-state index contributed by atoms with van der Waals surface area (Å²) in [4.78, 5) is 4.19. The third kappa shape index (κ3) is 2.74. The van der Waals surface area contributed by atoms with E-state index in [0.29, 0.717) is 11.8 Å². The number of nitrogens with zero attached hydrogens (tertiary/aromatic N) is 1. The first-order valence-corrected chi connectivity index (χ1v) is 6.05. The molecule has 4 heteroatoms. The van der Waals surface area contributed by atoms with E-state index in [2.05, 4.69) is 20.9 Å². The molecule has 2 rings (SSSR count). The average molecular weight is 299 g/mol. The number of ether oxygens (including phenoxy) is 1. The minimum Gasteiger partial charge on any atom is -0.439 e. The lowest BCUT2D eigenvalue weighted by Gasteiger charge is -2.08. The molecule has 1 aromatic heterocycles. The van der Waals surface area contributed by atoms with Gasteiger partial charge in [-0.25, -0.2) is 4.98 Å². The molecule has 0 aliphatic carbocycles. The summed E-state index contributed by atoms with van der Waals surface area (Å²) in [6.45, 7) is 0. The normalized spacial score (nSPS) is 10.1. The third-order valence-electron chi connectivity index (χ3n) is 1.99. The molecule has 0 amide bonds. The highest BCUT2D eigenvalue weighted by atomic mass is 79.9. The second-order valence-corrected chi connectivity index (χ2v) is 4.35. The first kappa shape index (κ1) is 11.4. The van der Waals surface area contributed by atoms with Crippen LogP contribution in [0.25, 0.3) is 0 Å². The van der Waals surface area contributed by atoms with Crippen molar-refractivity contribution in [3.05, 3.63) is 52.6 Å². The summed E-state index contributed by atoms with van der Waals surface area (Å²) in [5.74, 6) is 1.67. The fraction of sp³-hybridized carbons (Fsp3) is 0.0833. The lowest BCUT2D eigenvalue weighted by molar-refractivity contribution is 0.458. The van der Waals surface area contributed by atoms with E-state index >= 15 is 0 Å². The van der Waals surface area contributed by atoms with Crippen molar-refractivity contribution in [3.63, 3.8) is 0 Å². The van der Waals surface area contributed by atoms with Gasteiger partial charge in [-0.15, -0.1) is 11.6 Å². The maximum Gasteiger partial charge on any atom is 0.223 e. The van der Waals surface area contributed by atoms with Gasteiger partial charge in [0.25, 0.3) is 0 Å². The van der Waals surface area contributed by atoms with E-state index in [9.17, 15) is 0 Å². The van der Waals surface area contributed by atoms with Crippen LogP contribution in [-0.2, 0) is 5.88 Å². The molecular formula is C12H9BrClNO. The van der Waals surface area contributed by atoms with Gasteiger partial charge < -0.3 is 4.74 Å². The van der Waals surface area contributed by atoms with Gasteiger partial charge in [-0.2, -0.15) is 0 Å². The number of aromatic nitrogens is 1. The number of benzene rings is 1. The van der Waals surface area contributed by atoms with Gasteiger partial charge in [-0.05, 0) is 34.1 Å². The molecule has 1 aromatic carbocycles. The van der Waals surface area contributed by atoms with Gasteiger partial charge in [0.15, 0.2) is 0 Å². The molecule has 0 radical (unpaired) electrons. The molecule has 0 saturated heterocycles. The molecule has 2 aromatic rings. The summed E-state index contributed by atoms with van der Waals surface area (Å²) in [5, 5.41) is 0. The summed E-state index contributed by atoms with van der Waals surface area (Å²) in [5.41, 5.74) is 0.861. The van der Waals surface area contributed by atoms with Gasteiger partial charge in [0.2, 0.25) is 5.88 Å². The summed E-state index contributed by atoms with van der Waals surface area (Å²) in [6.07, 6.45) is 1.69. The molecule has 0 N–H and O–H groups in total. The van der Waals surface area contributed by atoms with Crippen LogP contribution in [0.4, 0.5) is 0 Å². The fourth-order valence-electron chi connectivity index (χ4n) is 1.26. The SMILES string of the molecule is ClCc1cc(Br)cnc1Oc1ccccc1. The van der Waals surface area contributed by atoms with E-state index in [1.165, 1.54) is 0 Å². The van der Waals surface area contributed by atoms with Crippen molar-refractivity contribution in [3.8, 4) is 11.6 Å². The predicted octanol–water partition coefficient (Wildman–Crippen LogP) is 4.38. The van der Waals surface area contributed by atoms with Crippen LogP contribution < -0.4 is 4.74 Å². The summed E-state index contributed by atoms with van der Waals surface area (Å²) >= 11 is 9.18. The number of hydrogen-bond donors (Lipinski definition) is 0. The molecule has 82 valence electrons. The number of rotatable bonds is 3. The van der Waals surface area contributed by atoms with Crippen molar-refractivity contribution >= 4 is 27.5 Å². The van der Waals surface area contributed by atoms with Gasteiger partial charge >= 0.3 is 0 Å². The van der Waals surface area contributed by atoms with Crippen molar-refractivity contribution in [1.82, 2.24) is 4.98 Å². The Labute approximate surface area is 107 Å². The van der Waals surface area contributed by atoms with Gasteiger partial charge in [-0.3, -0.25) is 0 Å². The number of alkyl halides is 1. The van der Waals surface area contributed by atoms with Crippen molar-refractivity contribution in [2.75, 3.05) is 0 Å². The molecule has 0 aliphatic heterocycles. The maximum absolute atomic E-state index is 5.83. The largest absolute Gasteiger partial charge is 0.439 e. The maximum atomic E-state index is 5.83. The van der Waals surface area contributed by atoms with Crippen LogP contribution in [0.15, 0.2) is 47.1 Å². The molecule has 16 heavy (non-hydrogen) atoms. The summed E-state index contributed by atoms with van der Waals surface area (Å²) in [7, 11) is 0. The van der Waals surface area contributed by atoms with Crippen molar-refractivity contribution in [2.45, 2.75) is 5.88 Å². The van der Waals surface area contributed by atoms with E-state index in [0.717, 1.165) is 15.8 Å². The van der Waals surface area contributed by atoms with Crippen LogP contribution in [0, 0.1) is 0 Å². The van der Waals surface area contributed by atoms with Gasteiger partial charge in [0.05, 0.1) is 5.88 Å². The molecule has 2 nitrogen and oxygen atoms in total. The zero-order valence-electron chi connectivity index (χ0n) is 8.36. The Morgan fingerprint density at radius 1 is 1.25 bits per heavy atom. The molecule has 0 aliphatic rings. The zero-order chi connectivity index (χ0) is 11.4. The minimum atomic E-state index is 0.370. The van der Waals surface area contributed by atoms with Crippen molar-refractivity contribution in [1.29, 1.82) is 0 Å². The van der Waals surface area contributed by atoms with E-state index in [4.69, 9.17) is 16.3 Å².